The normalized spacial score (nSPS) is 10.8. The number of fused-ring (bicyclic) bond motifs is 1. The molecule has 0 fully saturated rings. The third-order valence-electron chi connectivity index (χ3n) is 3.23. The van der Waals surface area contributed by atoms with E-state index in [0.717, 1.165) is 11.4 Å². The number of carbonyl (C=O) groups excluding carboxylic acids is 1. The van der Waals surface area contributed by atoms with Gasteiger partial charge in [0, 0.05) is 43.5 Å². The molecule has 0 saturated heterocycles. The van der Waals surface area contributed by atoms with Gasteiger partial charge < -0.3 is 10.1 Å². The zero-order valence-corrected chi connectivity index (χ0v) is 13.4. The van der Waals surface area contributed by atoms with Crippen molar-refractivity contribution in [2.45, 2.75) is 19.3 Å². The van der Waals surface area contributed by atoms with Crippen LogP contribution < -0.4 is 10.1 Å². The van der Waals surface area contributed by atoms with Gasteiger partial charge in [-0.1, -0.05) is 0 Å². The summed E-state index contributed by atoms with van der Waals surface area (Å²) in [6.45, 7) is 0.582. The summed E-state index contributed by atoms with van der Waals surface area (Å²) >= 11 is 1.59. The number of nitrogens with one attached hydrogen (secondary N) is 1. The Labute approximate surface area is 136 Å². The SMILES string of the molecule is COc1ccc2nnc(CCC(=O)NCCc3nccs3)n2n1. The molecule has 0 unspecified atom stereocenters. The highest BCUT2D eigenvalue weighted by Gasteiger charge is 2.10. The van der Waals surface area contributed by atoms with Gasteiger partial charge in [0.25, 0.3) is 0 Å². The van der Waals surface area contributed by atoms with Crippen molar-refractivity contribution in [1.82, 2.24) is 30.1 Å². The number of ether oxygens (including phenoxy) is 1. The van der Waals surface area contributed by atoms with Gasteiger partial charge in [0.15, 0.2) is 11.5 Å². The van der Waals surface area contributed by atoms with Crippen LogP contribution in [-0.4, -0.2) is 44.4 Å². The van der Waals surface area contributed by atoms with Crippen LogP contribution in [0.5, 0.6) is 5.88 Å². The number of methoxy groups -OCH3 is 1. The number of thiazole rings is 1. The van der Waals surface area contributed by atoms with Crippen LogP contribution in [0.3, 0.4) is 0 Å². The molecule has 3 aromatic rings. The molecule has 3 heterocycles. The minimum Gasteiger partial charge on any atom is -0.480 e. The van der Waals surface area contributed by atoms with E-state index in [1.807, 2.05) is 5.38 Å². The van der Waals surface area contributed by atoms with Gasteiger partial charge in [-0.15, -0.1) is 26.6 Å². The Kier molecular flexibility index (Phi) is 4.77. The van der Waals surface area contributed by atoms with Crippen LogP contribution in [0.2, 0.25) is 0 Å². The second-order valence-electron chi connectivity index (χ2n) is 4.79. The molecule has 0 saturated carbocycles. The Morgan fingerprint density at radius 1 is 1.35 bits per heavy atom. The molecule has 0 aromatic carbocycles. The van der Waals surface area contributed by atoms with Crippen molar-refractivity contribution in [3.63, 3.8) is 0 Å². The van der Waals surface area contributed by atoms with Crippen LogP contribution >= 0.6 is 11.3 Å². The molecule has 9 heteroatoms. The predicted octanol–water partition coefficient (Wildman–Crippen LogP) is 0.881. The molecule has 8 nitrogen and oxygen atoms in total. The number of hydrogen-bond donors (Lipinski definition) is 1. The number of carbonyl (C=O) groups is 1. The maximum absolute atomic E-state index is 11.9. The molecular formula is C14H16N6O2S. The summed E-state index contributed by atoms with van der Waals surface area (Å²) in [4.78, 5) is 16.1. The molecular weight excluding hydrogens is 316 g/mol. The third kappa shape index (κ3) is 3.81. The third-order valence-corrected chi connectivity index (χ3v) is 4.07. The van der Waals surface area contributed by atoms with Gasteiger partial charge in [0.2, 0.25) is 11.8 Å². The van der Waals surface area contributed by atoms with E-state index in [4.69, 9.17) is 4.74 Å². The van der Waals surface area contributed by atoms with Crippen molar-refractivity contribution in [3.05, 3.63) is 34.5 Å². The molecule has 3 rings (SSSR count). The van der Waals surface area contributed by atoms with Crippen molar-refractivity contribution in [2.75, 3.05) is 13.7 Å². The zero-order chi connectivity index (χ0) is 16.1. The standard InChI is InChI=1S/C14H16N6O2S/c1-22-13-5-3-11-18-17-10(20(11)19-13)2-4-12(21)15-7-6-14-16-8-9-23-14/h3,5,8-9H,2,4,6-7H2,1H3,(H,15,21). The molecule has 1 amide bonds. The summed E-state index contributed by atoms with van der Waals surface area (Å²) in [5, 5.41) is 18.2. The van der Waals surface area contributed by atoms with Crippen LogP contribution in [0.4, 0.5) is 0 Å². The number of hydrogen-bond acceptors (Lipinski definition) is 7. The van der Waals surface area contributed by atoms with Gasteiger partial charge in [-0.2, -0.15) is 4.52 Å². The lowest BCUT2D eigenvalue weighted by Gasteiger charge is -2.04. The van der Waals surface area contributed by atoms with Gasteiger partial charge >= 0.3 is 0 Å². The Morgan fingerprint density at radius 3 is 3.04 bits per heavy atom. The number of aromatic nitrogens is 5. The van der Waals surface area contributed by atoms with Crippen molar-refractivity contribution in [2.24, 2.45) is 0 Å². The smallest absolute Gasteiger partial charge is 0.231 e. The summed E-state index contributed by atoms with van der Waals surface area (Å²) in [6.07, 6.45) is 3.30. The van der Waals surface area contributed by atoms with Gasteiger partial charge in [-0.05, 0) is 6.07 Å². The molecule has 23 heavy (non-hydrogen) atoms. The quantitative estimate of drug-likeness (QED) is 0.690. The van der Waals surface area contributed by atoms with Gasteiger partial charge in [0.05, 0.1) is 12.1 Å². The fraction of sp³-hybridized carbons (Fsp3) is 0.357. The largest absolute Gasteiger partial charge is 0.480 e. The molecule has 120 valence electrons. The van der Waals surface area contributed by atoms with Crippen molar-refractivity contribution < 1.29 is 9.53 Å². The van der Waals surface area contributed by atoms with Crippen molar-refractivity contribution in [1.29, 1.82) is 0 Å². The van der Waals surface area contributed by atoms with E-state index in [1.165, 1.54) is 0 Å². The first-order valence-corrected chi connectivity index (χ1v) is 8.04. The van der Waals surface area contributed by atoms with E-state index < -0.39 is 0 Å². The van der Waals surface area contributed by atoms with E-state index in [2.05, 4.69) is 25.6 Å². The van der Waals surface area contributed by atoms with E-state index in [1.54, 1.807) is 41.3 Å². The average Bonchev–Trinajstić information content (AvgIpc) is 3.22. The van der Waals surface area contributed by atoms with Crippen molar-refractivity contribution in [3.8, 4) is 5.88 Å². The molecule has 0 bridgehead atoms. The monoisotopic (exact) mass is 332 g/mol. The Hall–Kier alpha value is -2.55. The highest BCUT2D eigenvalue weighted by atomic mass is 32.1. The number of rotatable bonds is 7. The minimum absolute atomic E-state index is 0.0267. The lowest BCUT2D eigenvalue weighted by molar-refractivity contribution is -0.121. The molecule has 0 aliphatic rings. The number of amides is 1. The average molecular weight is 332 g/mol. The van der Waals surface area contributed by atoms with Crippen LogP contribution in [0, 0.1) is 0 Å². The molecule has 3 aromatic heterocycles. The van der Waals surface area contributed by atoms with E-state index in [0.29, 0.717) is 36.7 Å². The molecule has 0 aliphatic carbocycles. The highest BCUT2D eigenvalue weighted by molar-refractivity contribution is 7.09. The molecule has 0 atom stereocenters. The second-order valence-corrected chi connectivity index (χ2v) is 5.77. The second kappa shape index (κ2) is 7.14. The highest BCUT2D eigenvalue weighted by Crippen LogP contribution is 2.09. The Bertz CT molecular complexity index is 786. The minimum atomic E-state index is -0.0267. The maximum atomic E-state index is 11.9. The first-order chi connectivity index (χ1) is 11.3. The summed E-state index contributed by atoms with van der Waals surface area (Å²) in [5.74, 6) is 1.08. The lowest BCUT2D eigenvalue weighted by atomic mass is 10.3. The Balaban J connectivity index is 1.52. The van der Waals surface area contributed by atoms with E-state index >= 15 is 0 Å². The fourth-order valence-corrected chi connectivity index (χ4v) is 2.70. The Morgan fingerprint density at radius 2 is 2.26 bits per heavy atom. The van der Waals surface area contributed by atoms with E-state index in [-0.39, 0.29) is 5.91 Å². The molecule has 0 radical (unpaired) electrons. The predicted molar refractivity (Wildman–Crippen MR) is 84.5 cm³/mol. The lowest BCUT2D eigenvalue weighted by Crippen LogP contribution is -2.26. The number of nitrogens with zero attached hydrogens (tertiary/aromatic N) is 5. The van der Waals surface area contributed by atoms with Gasteiger partial charge in [-0.3, -0.25) is 4.79 Å². The fourth-order valence-electron chi connectivity index (χ4n) is 2.08. The summed E-state index contributed by atoms with van der Waals surface area (Å²) in [6, 6.07) is 3.50. The topological polar surface area (TPSA) is 94.3 Å². The van der Waals surface area contributed by atoms with Gasteiger partial charge in [-0.25, -0.2) is 4.98 Å². The zero-order valence-electron chi connectivity index (χ0n) is 12.6. The number of aryl methyl sites for hydroxylation is 1. The van der Waals surface area contributed by atoms with E-state index in [9.17, 15) is 4.79 Å². The first kappa shape index (κ1) is 15.3. The molecule has 0 aliphatic heterocycles. The van der Waals surface area contributed by atoms with Crippen LogP contribution in [-0.2, 0) is 17.6 Å². The summed E-state index contributed by atoms with van der Waals surface area (Å²) in [5.41, 5.74) is 0.630. The maximum Gasteiger partial charge on any atom is 0.231 e. The first-order valence-electron chi connectivity index (χ1n) is 7.16. The molecule has 0 spiro atoms. The summed E-state index contributed by atoms with van der Waals surface area (Å²) in [7, 11) is 1.55. The van der Waals surface area contributed by atoms with Crippen LogP contribution in [0.15, 0.2) is 23.7 Å². The van der Waals surface area contributed by atoms with Crippen LogP contribution in [0.1, 0.15) is 17.3 Å². The summed E-state index contributed by atoms with van der Waals surface area (Å²) < 4.78 is 6.69. The van der Waals surface area contributed by atoms with Gasteiger partial charge in [0.1, 0.15) is 0 Å². The van der Waals surface area contributed by atoms with Crippen molar-refractivity contribution >= 4 is 22.9 Å². The molecule has 1 N–H and O–H groups in total. The van der Waals surface area contributed by atoms with Crippen LogP contribution in [0.25, 0.3) is 5.65 Å².